The third kappa shape index (κ3) is 3.80. The third-order valence-electron chi connectivity index (χ3n) is 3.09. The van der Waals surface area contributed by atoms with E-state index in [0.717, 1.165) is 26.1 Å². The molecule has 1 amide bonds. The van der Waals surface area contributed by atoms with E-state index in [4.69, 9.17) is 5.73 Å². The Morgan fingerprint density at radius 3 is 2.73 bits per heavy atom. The number of carbonyl (C=O) groups excluding carboxylic acids is 1. The van der Waals surface area contributed by atoms with Crippen molar-refractivity contribution < 1.29 is 4.79 Å². The number of hydrogen-bond donors (Lipinski definition) is 1. The van der Waals surface area contributed by atoms with Gasteiger partial charge in [-0.1, -0.05) is 0 Å². The molecule has 0 saturated carbocycles. The standard InChI is InChI=1S/C11H23N3O/c1-9(12)10-4-7-14(8-10)11(15)5-6-13(2)3/h9-10H,4-8,12H2,1-3H3. The van der Waals surface area contributed by atoms with Gasteiger partial charge in [0.25, 0.3) is 0 Å². The highest BCUT2D eigenvalue weighted by atomic mass is 16.2. The van der Waals surface area contributed by atoms with Crippen LogP contribution < -0.4 is 5.73 Å². The predicted octanol–water partition coefficient (Wildman–Crippen LogP) is 0.134. The summed E-state index contributed by atoms with van der Waals surface area (Å²) in [6.07, 6.45) is 1.68. The molecule has 0 bridgehead atoms. The first-order valence-electron chi connectivity index (χ1n) is 5.68. The summed E-state index contributed by atoms with van der Waals surface area (Å²) in [7, 11) is 3.98. The second-order valence-electron chi connectivity index (χ2n) is 4.80. The number of nitrogens with two attached hydrogens (primary N) is 1. The van der Waals surface area contributed by atoms with Crippen LogP contribution in [-0.4, -0.2) is 55.5 Å². The summed E-state index contributed by atoms with van der Waals surface area (Å²) in [6.45, 7) is 4.60. The minimum atomic E-state index is 0.205. The van der Waals surface area contributed by atoms with Gasteiger partial charge < -0.3 is 15.5 Å². The highest BCUT2D eigenvalue weighted by molar-refractivity contribution is 5.76. The molecule has 2 N–H and O–H groups in total. The summed E-state index contributed by atoms with van der Waals surface area (Å²) in [5, 5.41) is 0. The Bertz CT molecular complexity index is 216. The van der Waals surface area contributed by atoms with Crippen molar-refractivity contribution in [3.8, 4) is 0 Å². The molecule has 2 atom stereocenters. The molecule has 1 rings (SSSR count). The first-order chi connectivity index (χ1) is 7.00. The van der Waals surface area contributed by atoms with Crippen LogP contribution >= 0.6 is 0 Å². The molecule has 2 unspecified atom stereocenters. The molecule has 88 valence electrons. The van der Waals surface area contributed by atoms with E-state index in [0.29, 0.717) is 12.3 Å². The fraction of sp³-hybridized carbons (Fsp3) is 0.909. The molecular formula is C11H23N3O. The van der Waals surface area contributed by atoms with Gasteiger partial charge in [-0.2, -0.15) is 0 Å². The molecule has 0 aromatic carbocycles. The van der Waals surface area contributed by atoms with Crippen LogP contribution in [0.4, 0.5) is 0 Å². The Kier molecular flexibility index (Phi) is 4.54. The van der Waals surface area contributed by atoms with Crippen molar-refractivity contribution in [3.63, 3.8) is 0 Å². The van der Waals surface area contributed by atoms with E-state index in [1.165, 1.54) is 0 Å². The van der Waals surface area contributed by atoms with Crippen LogP contribution in [0.1, 0.15) is 19.8 Å². The molecule has 15 heavy (non-hydrogen) atoms. The Morgan fingerprint density at radius 1 is 1.60 bits per heavy atom. The molecule has 1 aliphatic rings. The predicted molar refractivity (Wildman–Crippen MR) is 61.5 cm³/mol. The highest BCUT2D eigenvalue weighted by Gasteiger charge is 2.27. The van der Waals surface area contributed by atoms with Crippen molar-refractivity contribution >= 4 is 5.91 Å². The SMILES string of the molecule is CC(N)C1CCN(C(=O)CCN(C)C)C1. The largest absolute Gasteiger partial charge is 0.342 e. The summed E-state index contributed by atoms with van der Waals surface area (Å²) in [5.41, 5.74) is 5.84. The minimum absolute atomic E-state index is 0.205. The van der Waals surface area contributed by atoms with Crippen molar-refractivity contribution in [1.29, 1.82) is 0 Å². The lowest BCUT2D eigenvalue weighted by molar-refractivity contribution is -0.130. The monoisotopic (exact) mass is 213 g/mol. The Hall–Kier alpha value is -0.610. The van der Waals surface area contributed by atoms with Crippen LogP contribution in [0, 0.1) is 5.92 Å². The lowest BCUT2D eigenvalue weighted by atomic mass is 10.0. The van der Waals surface area contributed by atoms with Crippen molar-refractivity contribution in [1.82, 2.24) is 9.80 Å². The summed E-state index contributed by atoms with van der Waals surface area (Å²) in [4.78, 5) is 15.8. The number of hydrogen-bond acceptors (Lipinski definition) is 3. The number of rotatable bonds is 4. The Morgan fingerprint density at radius 2 is 2.27 bits per heavy atom. The molecule has 0 aromatic rings. The Labute approximate surface area is 92.4 Å². The van der Waals surface area contributed by atoms with Crippen LogP contribution in [0.25, 0.3) is 0 Å². The van der Waals surface area contributed by atoms with Crippen LogP contribution in [0.2, 0.25) is 0 Å². The normalized spacial score (nSPS) is 23.5. The van der Waals surface area contributed by atoms with Gasteiger partial charge >= 0.3 is 0 Å². The van der Waals surface area contributed by atoms with Crippen LogP contribution in [-0.2, 0) is 4.79 Å². The summed E-state index contributed by atoms with van der Waals surface area (Å²) < 4.78 is 0. The van der Waals surface area contributed by atoms with Gasteiger partial charge in [-0.3, -0.25) is 4.79 Å². The van der Waals surface area contributed by atoms with E-state index >= 15 is 0 Å². The first kappa shape index (κ1) is 12.5. The smallest absolute Gasteiger partial charge is 0.223 e. The van der Waals surface area contributed by atoms with E-state index in [2.05, 4.69) is 0 Å². The molecule has 4 nitrogen and oxygen atoms in total. The molecule has 0 radical (unpaired) electrons. The van der Waals surface area contributed by atoms with Crippen LogP contribution in [0.5, 0.6) is 0 Å². The van der Waals surface area contributed by atoms with Gasteiger partial charge in [0.15, 0.2) is 0 Å². The van der Waals surface area contributed by atoms with Gasteiger partial charge in [0.1, 0.15) is 0 Å². The van der Waals surface area contributed by atoms with Gasteiger partial charge in [-0.25, -0.2) is 0 Å². The third-order valence-corrected chi connectivity index (χ3v) is 3.09. The highest BCUT2D eigenvalue weighted by Crippen LogP contribution is 2.19. The molecular weight excluding hydrogens is 190 g/mol. The van der Waals surface area contributed by atoms with E-state index in [1.807, 2.05) is 30.8 Å². The van der Waals surface area contributed by atoms with Crippen molar-refractivity contribution in [2.45, 2.75) is 25.8 Å². The zero-order valence-corrected chi connectivity index (χ0v) is 10.1. The summed E-state index contributed by atoms with van der Waals surface area (Å²) >= 11 is 0. The van der Waals surface area contributed by atoms with E-state index < -0.39 is 0 Å². The van der Waals surface area contributed by atoms with Crippen molar-refractivity contribution in [2.75, 3.05) is 33.7 Å². The fourth-order valence-corrected chi connectivity index (χ4v) is 1.92. The molecule has 0 aliphatic carbocycles. The Balaban J connectivity index is 2.30. The van der Waals surface area contributed by atoms with Crippen LogP contribution in [0.15, 0.2) is 0 Å². The maximum absolute atomic E-state index is 11.8. The number of nitrogens with zero attached hydrogens (tertiary/aromatic N) is 2. The molecule has 1 fully saturated rings. The molecule has 1 aliphatic heterocycles. The molecule has 0 aromatic heterocycles. The summed E-state index contributed by atoms with van der Waals surface area (Å²) in [6, 6.07) is 0.205. The number of amides is 1. The van der Waals surface area contributed by atoms with Crippen molar-refractivity contribution in [3.05, 3.63) is 0 Å². The van der Waals surface area contributed by atoms with E-state index in [-0.39, 0.29) is 11.9 Å². The second kappa shape index (κ2) is 5.47. The lowest BCUT2D eigenvalue weighted by Crippen LogP contribution is -2.34. The average Bonchev–Trinajstić information content (AvgIpc) is 2.62. The zero-order chi connectivity index (χ0) is 11.4. The molecule has 4 heteroatoms. The first-order valence-corrected chi connectivity index (χ1v) is 5.68. The maximum atomic E-state index is 11.8. The quantitative estimate of drug-likeness (QED) is 0.722. The van der Waals surface area contributed by atoms with Crippen LogP contribution in [0.3, 0.4) is 0 Å². The minimum Gasteiger partial charge on any atom is -0.342 e. The topological polar surface area (TPSA) is 49.6 Å². The molecule has 1 saturated heterocycles. The van der Waals surface area contributed by atoms with Gasteiger partial charge in [0.05, 0.1) is 0 Å². The summed E-state index contributed by atoms with van der Waals surface area (Å²) in [5.74, 6) is 0.764. The fourth-order valence-electron chi connectivity index (χ4n) is 1.92. The average molecular weight is 213 g/mol. The van der Waals surface area contributed by atoms with E-state index in [9.17, 15) is 4.79 Å². The number of carbonyl (C=O) groups is 1. The molecule has 1 heterocycles. The second-order valence-corrected chi connectivity index (χ2v) is 4.80. The van der Waals surface area contributed by atoms with Gasteiger partial charge in [0.2, 0.25) is 5.91 Å². The molecule has 0 spiro atoms. The zero-order valence-electron chi connectivity index (χ0n) is 10.1. The lowest BCUT2D eigenvalue weighted by Gasteiger charge is -2.19. The van der Waals surface area contributed by atoms with Crippen molar-refractivity contribution in [2.24, 2.45) is 11.7 Å². The van der Waals surface area contributed by atoms with Gasteiger partial charge in [0, 0.05) is 32.1 Å². The van der Waals surface area contributed by atoms with Gasteiger partial charge in [-0.05, 0) is 33.4 Å². The van der Waals surface area contributed by atoms with E-state index in [1.54, 1.807) is 0 Å². The number of likely N-dealkylation sites (tertiary alicyclic amines) is 1. The van der Waals surface area contributed by atoms with Gasteiger partial charge in [-0.15, -0.1) is 0 Å². The maximum Gasteiger partial charge on any atom is 0.223 e.